The van der Waals surface area contributed by atoms with Gasteiger partial charge in [0.25, 0.3) is 5.56 Å². The number of hydrogen-bond donors (Lipinski definition) is 0. The van der Waals surface area contributed by atoms with Crippen LogP contribution in [-0.4, -0.2) is 28.6 Å². The van der Waals surface area contributed by atoms with Crippen molar-refractivity contribution >= 4 is 33.5 Å². The molecule has 3 heterocycles. The molecule has 1 aliphatic rings. The van der Waals surface area contributed by atoms with Crippen molar-refractivity contribution in [3.63, 3.8) is 0 Å². The van der Waals surface area contributed by atoms with Gasteiger partial charge in [0.05, 0.1) is 23.7 Å². The van der Waals surface area contributed by atoms with Crippen molar-refractivity contribution in [2.45, 2.75) is 39.3 Å². The SMILES string of the molecule is CC(=O)OCc1cc2nc(N3CCCCC3)n(Cc3ccccc3C#N)c(=O)c2s1. The third kappa shape index (κ3) is 4.07. The van der Waals surface area contributed by atoms with Crippen LogP contribution in [0.15, 0.2) is 35.1 Å². The predicted molar refractivity (Wildman–Crippen MR) is 116 cm³/mol. The molecule has 1 fully saturated rings. The molecule has 0 atom stereocenters. The summed E-state index contributed by atoms with van der Waals surface area (Å²) < 4.78 is 7.30. The summed E-state index contributed by atoms with van der Waals surface area (Å²) in [5.41, 5.74) is 1.83. The highest BCUT2D eigenvalue weighted by Gasteiger charge is 2.21. The number of esters is 1. The maximum absolute atomic E-state index is 13.5. The van der Waals surface area contributed by atoms with Gasteiger partial charge in [-0.2, -0.15) is 5.26 Å². The van der Waals surface area contributed by atoms with Crippen LogP contribution >= 0.6 is 11.3 Å². The van der Waals surface area contributed by atoms with Crippen LogP contribution < -0.4 is 10.5 Å². The lowest BCUT2D eigenvalue weighted by Crippen LogP contribution is -2.36. The molecule has 7 nitrogen and oxygen atoms in total. The monoisotopic (exact) mass is 422 g/mol. The molecule has 0 bridgehead atoms. The number of ether oxygens (including phenoxy) is 1. The van der Waals surface area contributed by atoms with Crippen molar-refractivity contribution in [1.82, 2.24) is 9.55 Å². The minimum atomic E-state index is -0.361. The minimum Gasteiger partial charge on any atom is -0.460 e. The Balaban J connectivity index is 1.82. The molecular formula is C22H22N4O3S. The van der Waals surface area contributed by atoms with Gasteiger partial charge in [0.2, 0.25) is 5.95 Å². The van der Waals surface area contributed by atoms with E-state index in [2.05, 4.69) is 11.0 Å². The zero-order valence-electron chi connectivity index (χ0n) is 16.8. The molecule has 0 aliphatic carbocycles. The van der Waals surface area contributed by atoms with Crippen LogP contribution in [0.3, 0.4) is 0 Å². The maximum atomic E-state index is 13.5. The fourth-order valence-electron chi connectivity index (χ4n) is 3.71. The van der Waals surface area contributed by atoms with E-state index in [-0.39, 0.29) is 24.7 Å². The van der Waals surface area contributed by atoms with E-state index >= 15 is 0 Å². The number of fused-ring (bicyclic) bond motifs is 1. The summed E-state index contributed by atoms with van der Waals surface area (Å²) in [4.78, 5) is 32.4. The molecule has 0 radical (unpaired) electrons. The Hall–Kier alpha value is -3.18. The Bertz CT molecular complexity index is 1190. The van der Waals surface area contributed by atoms with Crippen molar-refractivity contribution < 1.29 is 9.53 Å². The molecule has 4 rings (SSSR count). The highest BCUT2D eigenvalue weighted by Crippen LogP contribution is 2.26. The van der Waals surface area contributed by atoms with Crippen LogP contribution in [0.4, 0.5) is 5.95 Å². The zero-order chi connectivity index (χ0) is 21.1. The molecule has 3 aromatic rings. The van der Waals surface area contributed by atoms with Crippen LogP contribution in [-0.2, 0) is 22.7 Å². The highest BCUT2D eigenvalue weighted by atomic mass is 32.1. The van der Waals surface area contributed by atoms with Crippen LogP contribution in [0, 0.1) is 11.3 Å². The molecular weight excluding hydrogens is 400 g/mol. The van der Waals surface area contributed by atoms with E-state index in [4.69, 9.17) is 9.72 Å². The Morgan fingerprint density at radius 1 is 1.27 bits per heavy atom. The number of carbonyl (C=O) groups is 1. The molecule has 0 saturated carbocycles. The summed E-state index contributed by atoms with van der Waals surface area (Å²) in [7, 11) is 0. The summed E-state index contributed by atoms with van der Waals surface area (Å²) in [5, 5.41) is 9.46. The lowest BCUT2D eigenvalue weighted by atomic mass is 10.1. The van der Waals surface area contributed by atoms with Crippen molar-refractivity contribution in [3.05, 3.63) is 56.7 Å². The quantitative estimate of drug-likeness (QED) is 0.586. The molecule has 154 valence electrons. The number of benzene rings is 1. The Morgan fingerprint density at radius 2 is 2.03 bits per heavy atom. The molecule has 0 amide bonds. The number of nitriles is 1. The van der Waals surface area contributed by atoms with E-state index in [1.165, 1.54) is 24.7 Å². The normalized spacial score (nSPS) is 13.9. The molecule has 1 saturated heterocycles. The first kappa shape index (κ1) is 20.1. The number of piperidine rings is 1. The number of hydrogen-bond acceptors (Lipinski definition) is 7. The third-order valence-corrected chi connectivity index (χ3v) is 6.27. The van der Waals surface area contributed by atoms with E-state index in [9.17, 15) is 14.9 Å². The predicted octanol–water partition coefficient (Wildman–Crippen LogP) is 3.43. The van der Waals surface area contributed by atoms with Gasteiger partial charge in [-0.05, 0) is 37.0 Å². The molecule has 0 unspecified atom stereocenters. The third-order valence-electron chi connectivity index (χ3n) is 5.19. The second kappa shape index (κ2) is 8.67. The molecule has 0 N–H and O–H groups in total. The van der Waals surface area contributed by atoms with Crippen LogP contribution in [0.5, 0.6) is 0 Å². The van der Waals surface area contributed by atoms with Gasteiger partial charge in [-0.1, -0.05) is 18.2 Å². The van der Waals surface area contributed by atoms with E-state index in [1.54, 1.807) is 10.6 Å². The van der Waals surface area contributed by atoms with Gasteiger partial charge in [0, 0.05) is 24.9 Å². The van der Waals surface area contributed by atoms with Gasteiger partial charge in [0.15, 0.2) is 0 Å². The fourth-order valence-corrected chi connectivity index (χ4v) is 4.67. The standard InChI is InChI=1S/C22H22N4O3S/c1-15(27)29-14-18-11-19-20(30-18)21(28)26(13-17-8-4-3-7-16(17)12-23)22(24-19)25-9-5-2-6-10-25/h3-4,7-8,11H,2,5-6,9-10,13-14H2,1H3. The van der Waals surface area contributed by atoms with Crippen molar-refractivity contribution in [2.75, 3.05) is 18.0 Å². The highest BCUT2D eigenvalue weighted by molar-refractivity contribution is 7.18. The number of anilines is 1. The van der Waals surface area contributed by atoms with Gasteiger partial charge < -0.3 is 9.64 Å². The summed E-state index contributed by atoms with van der Waals surface area (Å²) in [6.45, 7) is 3.48. The number of nitrogens with zero attached hydrogens (tertiary/aromatic N) is 4. The van der Waals surface area contributed by atoms with Crippen molar-refractivity contribution in [3.8, 4) is 6.07 Å². The van der Waals surface area contributed by atoms with E-state index in [0.29, 0.717) is 21.7 Å². The van der Waals surface area contributed by atoms with Crippen LogP contribution in [0.1, 0.15) is 42.2 Å². The molecule has 8 heteroatoms. The van der Waals surface area contributed by atoms with Crippen molar-refractivity contribution in [1.29, 1.82) is 5.26 Å². The lowest BCUT2D eigenvalue weighted by Gasteiger charge is -2.29. The minimum absolute atomic E-state index is 0.131. The average molecular weight is 423 g/mol. The smallest absolute Gasteiger partial charge is 0.302 e. The first-order valence-electron chi connectivity index (χ1n) is 9.96. The topological polar surface area (TPSA) is 88.2 Å². The number of rotatable bonds is 5. The molecule has 2 aromatic heterocycles. The Morgan fingerprint density at radius 3 is 2.77 bits per heavy atom. The van der Waals surface area contributed by atoms with Gasteiger partial charge in [-0.25, -0.2) is 4.98 Å². The number of aromatic nitrogens is 2. The first-order valence-corrected chi connectivity index (χ1v) is 10.8. The lowest BCUT2D eigenvalue weighted by molar-refractivity contribution is -0.142. The summed E-state index contributed by atoms with van der Waals surface area (Å²) >= 11 is 1.30. The Labute approximate surface area is 178 Å². The van der Waals surface area contributed by atoms with Gasteiger partial charge in [-0.15, -0.1) is 11.3 Å². The molecule has 0 spiro atoms. The first-order chi connectivity index (χ1) is 14.6. The largest absolute Gasteiger partial charge is 0.460 e. The van der Waals surface area contributed by atoms with Gasteiger partial charge in [0.1, 0.15) is 11.3 Å². The summed E-state index contributed by atoms with van der Waals surface area (Å²) in [6.07, 6.45) is 3.29. The van der Waals surface area contributed by atoms with Gasteiger partial charge in [-0.3, -0.25) is 14.2 Å². The van der Waals surface area contributed by atoms with Crippen molar-refractivity contribution in [2.24, 2.45) is 0 Å². The number of carbonyl (C=O) groups excluding carboxylic acids is 1. The average Bonchev–Trinajstić information content (AvgIpc) is 3.18. The number of thiophene rings is 1. The second-order valence-corrected chi connectivity index (χ2v) is 8.46. The van der Waals surface area contributed by atoms with E-state index in [1.807, 2.05) is 24.3 Å². The van der Waals surface area contributed by atoms with Crippen LogP contribution in [0.25, 0.3) is 10.2 Å². The second-order valence-electron chi connectivity index (χ2n) is 7.33. The molecule has 1 aromatic carbocycles. The Kier molecular flexibility index (Phi) is 5.81. The summed E-state index contributed by atoms with van der Waals surface area (Å²) in [6, 6.07) is 11.4. The maximum Gasteiger partial charge on any atom is 0.302 e. The summed E-state index contributed by atoms with van der Waals surface area (Å²) in [5.74, 6) is 0.275. The molecule has 30 heavy (non-hydrogen) atoms. The fraction of sp³-hybridized carbons (Fsp3) is 0.364. The zero-order valence-corrected chi connectivity index (χ0v) is 17.6. The van der Waals surface area contributed by atoms with Crippen LogP contribution in [0.2, 0.25) is 0 Å². The van der Waals surface area contributed by atoms with Gasteiger partial charge >= 0.3 is 5.97 Å². The van der Waals surface area contributed by atoms with E-state index < -0.39 is 0 Å². The van der Waals surface area contributed by atoms with E-state index in [0.717, 1.165) is 36.4 Å². The molecule has 1 aliphatic heterocycles.